The molecule has 1 amide bonds. The Bertz CT molecular complexity index is 606. The zero-order valence-corrected chi connectivity index (χ0v) is 16.9. The highest BCUT2D eigenvalue weighted by atomic mass is 16.5. The van der Waals surface area contributed by atoms with Crippen LogP contribution in [0, 0.1) is 0 Å². The van der Waals surface area contributed by atoms with Gasteiger partial charge in [0.2, 0.25) is 5.91 Å². The first-order valence-corrected chi connectivity index (χ1v) is 10.9. The number of likely N-dealkylation sites (tertiary alicyclic amines) is 1. The maximum Gasteiger partial charge on any atom is 0.234 e. The van der Waals surface area contributed by atoms with Crippen molar-refractivity contribution < 1.29 is 9.53 Å². The number of ether oxygens (including phenoxy) is 1. The summed E-state index contributed by atoms with van der Waals surface area (Å²) in [7, 11) is 0. The molecule has 0 bridgehead atoms. The van der Waals surface area contributed by atoms with Crippen molar-refractivity contribution in [2.24, 2.45) is 0 Å². The molecule has 1 saturated carbocycles. The lowest BCUT2D eigenvalue weighted by atomic mass is 10.0. The van der Waals surface area contributed by atoms with Crippen molar-refractivity contribution >= 4 is 5.91 Å². The van der Waals surface area contributed by atoms with Crippen molar-refractivity contribution in [3.05, 3.63) is 30.3 Å². The molecule has 1 aromatic rings. The summed E-state index contributed by atoms with van der Waals surface area (Å²) >= 11 is 0. The summed E-state index contributed by atoms with van der Waals surface area (Å²) in [5.74, 6) is 1.13. The molecule has 6 nitrogen and oxygen atoms in total. The van der Waals surface area contributed by atoms with E-state index in [-0.39, 0.29) is 5.91 Å². The molecule has 0 atom stereocenters. The quantitative estimate of drug-likeness (QED) is 0.732. The molecule has 3 aliphatic rings. The minimum Gasteiger partial charge on any atom is -0.492 e. The molecule has 28 heavy (non-hydrogen) atoms. The lowest BCUT2D eigenvalue weighted by Crippen LogP contribution is -2.52. The Labute approximate surface area is 168 Å². The second-order valence-electron chi connectivity index (χ2n) is 8.39. The molecule has 6 heteroatoms. The molecule has 3 fully saturated rings. The Morgan fingerprint density at radius 1 is 0.929 bits per heavy atom. The summed E-state index contributed by atoms with van der Waals surface area (Å²) in [5, 5.41) is 3.27. The van der Waals surface area contributed by atoms with Gasteiger partial charge in [-0.05, 0) is 37.8 Å². The number of nitrogens with one attached hydrogen (secondary N) is 1. The summed E-state index contributed by atoms with van der Waals surface area (Å²) in [4.78, 5) is 19.7. The van der Waals surface area contributed by atoms with E-state index in [1.54, 1.807) is 0 Å². The average molecular weight is 387 g/mol. The third-order valence-electron chi connectivity index (χ3n) is 6.21. The van der Waals surface area contributed by atoms with Crippen LogP contribution < -0.4 is 10.1 Å². The largest absolute Gasteiger partial charge is 0.492 e. The van der Waals surface area contributed by atoms with Crippen LogP contribution in [0.4, 0.5) is 0 Å². The zero-order chi connectivity index (χ0) is 19.2. The summed E-state index contributed by atoms with van der Waals surface area (Å²) in [5.41, 5.74) is 0. The van der Waals surface area contributed by atoms with E-state index in [4.69, 9.17) is 4.74 Å². The molecule has 0 spiro atoms. The molecule has 0 unspecified atom stereocenters. The van der Waals surface area contributed by atoms with E-state index in [0.29, 0.717) is 19.2 Å². The molecule has 1 N–H and O–H groups in total. The number of carbonyl (C=O) groups excluding carboxylic acids is 1. The highest BCUT2D eigenvalue weighted by Gasteiger charge is 2.32. The molecule has 1 aliphatic carbocycles. The summed E-state index contributed by atoms with van der Waals surface area (Å²) < 4.78 is 5.79. The van der Waals surface area contributed by atoms with Crippen LogP contribution in [0.1, 0.15) is 25.7 Å². The number of hydrogen-bond acceptors (Lipinski definition) is 5. The SMILES string of the molecule is O=C(CN1CCN(CCOc2ccccc2)CC1)NC1CCN(C2CC2)CC1. The van der Waals surface area contributed by atoms with Crippen molar-refractivity contribution in [2.45, 2.75) is 37.8 Å². The third kappa shape index (κ3) is 5.93. The monoisotopic (exact) mass is 386 g/mol. The predicted molar refractivity (Wildman–Crippen MR) is 111 cm³/mol. The van der Waals surface area contributed by atoms with Gasteiger partial charge in [0.25, 0.3) is 0 Å². The highest BCUT2D eigenvalue weighted by molar-refractivity contribution is 5.78. The molecular formula is C22H34N4O2. The molecule has 4 rings (SSSR count). The molecule has 0 aromatic heterocycles. The van der Waals surface area contributed by atoms with E-state index >= 15 is 0 Å². The molecule has 2 heterocycles. The first-order valence-electron chi connectivity index (χ1n) is 10.9. The Morgan fingerprint density at radius 3 is 2.29 bits per heavy atom. The molecule has 2 saturated heterocycles. The molecule has 2 aliphatic heterocycles. The number of nitrogens with zero attached hydrogens (tertiary/aromatic N) is 3. The summed E-state index contributed by atoms with van der Waals surface area (Å²) in [6.45, 7) is 8.42. The molecule has 154 valence electrons. The van der Waals surface area contributed by atoms with E-state index < -0.39 is 0 Å². The fourth-order valence-corrected chi connectivity index (χ4v) is 4.31. The standard InChI is InChI=1S/C22H34N4O2/c27-22(23-19-8-10-26(11-9-19)20-6-7-20)18-25-14-12-24(13-15-25)16-17-28-21-4-2-1-3-5-21/h1-5,19-20H,6-18H2,(H,23,27). The number of carbonyl (C=O) groups is 1. The van der Waals surface area contributed by atoms with E-state index in [1.807, 2.05) is 30.3 Å². The number of benzene rings is 1. The van der Waals surface area contributed by atoms with Crippen LogP contribution in [-0.2, 0) is 4.79 Å². The van der Waals surface area contributed by atoms with Crippen LogP contribution in [0.5, 0.6) is 5.75 Å². The van der Waals surface area contributed by atoms with Crippen molar-refractivity contribution in [2.75, 3.05) is 59.0 Å². The van der Waals surface area contributed by atoms with Gasteiger partial charge in [-0.25, -0.2) is 0 Å². The van der Waals surface area contributed by atoms with Crippen molar-refractivity contribution in [3.8, 4) is 5.75 Å². The minimum atomic E-state index is 0.200. The Morgan fingerprint density at radius 2 is 1.61 bits per heavy atom. The van der Waals surface area contributed by atoms with Crippen molar-refractivity contribution in [1.29, 1.82) is 0 Å². The van der Waals surface area contributed by atoms with E-state index in [1.165, 1.54) is 12.8 Å². The number of hydrogen-bond donors (Lipinski definition) is 1. The normalized spacial score (nSPS) is 22.9. The topological polar surface area (TPSA) is 48.1 Å². The molecular weight excluding hydrogens is 352 g/mol. The number of rotatable bonds is 8. The van der Waals surface area contributed by atoms with Gasteiger partial charge in [-0.1, -0.05) is 18.2 Å². The van der Waals surface area contributed by atoms with Crippen LogP contribution in [0.15, 0.2) is 30.3 Å². The van der Waals surface area contributed by atoms with Crippen LogP contribution in [0.2, 0.25) is 0 Å². The van der Waals surface area contributed by atoms with Crippen LogP contribution in [0.25, 0.3) is 0 Å². The number of para-hydroxylation sites is 1. The highest BCUT2D eigenvalue weighted by Crippen LogP contribution is 2.29. The van der Waals surface area contributed by atoms with Gasteiger partial charge in [0.05, 0.1) is 6.54 Å². The lowest BCUT2D eigenvalue weighted by Gasteiger charge is -2.35. The second-order valence-corrected chi connectivity index (χ2v) is 8.39. The number of amides is 1. The van der Waals surface area contributed by atoms with Crippen molar-refractivity contribution in [1.82, 2.24) is 20.0 Å². The van der Waals surface area contributed by atoms with Gasteiger partial charge in [-0.2, -0.15) is 0 Å². The predicted octanol–water partition coefficient (Wildman–Crippen LogP) is 1.43. The second kappa shape index (κ2) is 9.72. The van der Waals surface area contributed by atoms with Crippen LogP contribution in [0.3, 0.4) is 0 Å². The van der Waals surface area contributed by atoms with E-state index in [2.05, 4.69) is 20.0 Å². The fourth-order valence-electron chi connectivity index (χ4n) is 4.31. The third-order valence-corrected chi connectivity index (χ3v) is 6.21. The molecule has 1 aromatic carbocycles. The van der Waals surface area contributed by atoms with Crippen molar-refractivity contribution in [3.63, 3.8) is 0 Å². The molecule has 0 radical (unpaired) electrons. The first kappa shape index (κ1) is 19.7. The zero-order valence-electron chi connectivity index (χ0n) is 16.9. The van der Waals surface area contributed by atoms with Gasteiger partial charge in [0.1, 0.15) is 12.4 Å². The van der Waals surface area contributed by atoms with Gasteiger partial charge in [-0.3, -0.25) is 14.6 Å². The number of piperidine rings is 1. The first-order chi connectivity index (χ1) is 13.8. The Hall–Kier alpha value is -1.63. The Kier molecular flexibility index (Phi) is 6.83. The van der Waals surface area contributed by atoms with Gasteiger partial charge in [-0.15, -0.1) is 0 Å². The fraction of sp³-hybridized carbons (Fsp3) is 0.682. The van der Waals surface area contributed by atoms with Gasteiger partial charge in [0, 0.05) is 57.9 Å². The maximum atomic E-state index is 12.4. The summed E-state index contributed by atoms with van der Waals surface area (Å²) in [6, 6.07) is 11.2. The van der Waals surface area contributed by atoms with Crippen LogP contribution >= 0.6 is 0 Å². The number of piperazine rings is 1. The lowest BCUT2D eigenvalue weighted by molar-refractivity contribution is -0.123. The van der Waals surface area contributed by atoms with E-state index in [0.717, 1.165) is 70.4 Å². The summed E-state index contributed by atoms with van der Waals surface area (Å²) in [6.07, 6.45) is 4.97. The maximum absolute atomic E-state index is 12.4. The van der Waals surface area contributed by atoms with Crippen LogP contribution in [-0.4, -0.2) is 91.7 Å². The smallest absolute Gasteiger partial charge is 0.234 e. The van der Waals surface area contributed by atoms with E-state index in [9.17, 15) is 4.79 Å². The van der Waals surface area contributed by atoms with Gasteiger partial charge in [0.15, 0.2) is 0 Å². The average Bonchev–Trinajstić information content (AvgIpc) is 3.56. The Balaban J connectivity index is 1.07. The minimum absolute atomic E-state index is 0.200. The van der Waals surface area contributed by atoms with Gasteiger partial charge >= 0.3 is 0 Å². The van der Waals surface area contributed by atoms with Gasteiger partial charge < -0.3 is 15.0 Å².